The van der Waals surface area contributed by atoms with Gasteiger partial charge in [-0.2, -0.15) is 13.2 Å². The summed E-state index contributed by atoms with van der Waals surface area (Å²) in [5, 5.41) is 0. The minimum atomic E-state index is -4.43. The number of carbonyl (C=O) groups is 1. The molecule has 0 bridgehead atoms. The van der Waals surface area contributed by atoms with Gasteiger partial charge in [0.1, 0.15) is 18.5 Å². The van der Waals surface area contributed by atoms with Crippen LogP contribution in [0, 0.1) is 0 Å². The van der Waals surface area contributed by atoms with Crippen LogP contribution in [0.3, 0.4) is 0 Å². The van der Waals surface area contributed by atoms with Gasteiger partial charge in [-0.3, -0.25) is 4.79 Å². The smallest absolute Gasteiger partial charge is 0.411 e. The average molecular weight is 346 g/mol. The molecule has 0 radical (unpaired) electrons. The van der Waals surface area contributed by atoms with Crippen molar-refractivity contribution in [1.82, 2.24) is 4.90 Å². The molecule has 1 aromatic rings. The number of alkyl halides is 3. The summed E-state index contributed by atoms with van der Waals surface area (Å²) in [6.07, 6.45) is -5.53. The van der Waals surface area contributed by atoms with Crippen molar-refractivity contribution >= 4 is 11.6 Å². The summed E-state index contributed by atoms with van der Waals surface area (Å²) < 4.78 is 46.3. The van der Waals surface area contributed by atoms with Crippen molar-refractivity contribution in [3.63, 3.8) is 0 Å². The Kier molecular flexibility index (Phi) is 5.93. The number of benzene rings is 1. The first-order valence-electron chi connectivity index (χ1n) is 7.66. The van der Waals surface area contributed by atoms with Crippen molar-refractivity contribution in [2.24, 2.45) is 0 Å². The number of hydrogen-bond acceptors (Lipinski definition) is 4. The van der Waals surface area contributed by atoms with E-state index in [1.165, 1.54) is 11.8 Å². The molecular weight excluding hydrogens is 325 g/mol. The fraction of sp³-hybridized carbons (Fsp3) is 0.562. The van der Waals surface area contributed by atoms with Gasteiger partial charge < -0.3 is 19.3 Å². The maximum atomic E-state index is 12.2. The van der Waals surface area contributed by atoms with E-state index >= 15 is 0 Å². The van der Waals surface area contributed by atoms with Gasteiger partial charge >= 0.3 is 6.18 Å². The first-order valence-corrected chi connectivity index (χ1v) is 7.66. The molecule has 0 N–H and O–H groups in total. The molecule has 0 saturated carbocycles. The fourth-order valence-electron chi connectivity index (χ4n) is 2.54. The summed E-state index contributed by atoms with van der Waals surface area (Å²) in [6.45, 7) is 2.02. The zero-order valence-electron chi connectivity index (χ0n) is 13.7. The number of amides is 1. The van der Waals surface area contributed by atoms with Crippen LogP contribution in [-0.4, -0.2) is 63.0 Å². The van der Waals surface area contributed by atoms with E-state index < -0.39 is 24.8 Å². The first kappa shape index (κ1) is 18.4. The Bertz CT molecular complexity index is 558. The van der Waals surface area contributed by atoms with Gasteiger partial charge in [-0.25, -0.2) is 0 Å². The number of piperazine rings is 1. The van der Waals surface area contributed by atoms with E-state index in [4.69, 9.17) is 4.74 Å². The molecule has 0 spiro atoms. The van der Waals surface area contributed by atoms with Crippen molar-refractivity contribution in [3.8, 4) is 5.75 Å². The molecule has 1 aromatic carbocycles. The largest absolute Gasteiger partial charge is 0.497 e. The molecule has 0 aromatic heterocycles. The summed E-state index contributed by atoms with van der Waals surface area (Å²) in [7, 11) is 1.60. The van der Waals surface area contributed by atoms with Gasteiger partial charge in [0.15, 0.2) is 0 Å². The van der Waals surface area contributed by atoms with Crippen molar-refractivity contribution < 1.29 is 27.4 Å². The van der Waals surface area contributed by atoms with Gasteiger partial charge in [-0.1, -0.05) is 6.07 Å². The molecule has 1 saturated heterocycles. The van der Waals surface area contributed by atoms with Crippen LogP contribution >= 0.6 is 0 Å². The third-order valence-electron chi connectivity index (χ3n) is 3.85. The average Bonchev–Trinajstić information content (AvgIpc) is 2.58. The number of halogens is 3. The fourth-order valence-corrected chi connectivity index (χ4v) is 2.54. The number of carbonyl (C=O) groups excluding carboxylic acids is 1. The second-order valence-electron chi connectivity index (χ2n) is 5.58. The van der Waals surface area contributed by atoms with E-state index in [1.807, 2.05) is 24.3 Å². The number of rotatable bonds is 5. The summed E-state index contributed by atoms with van der Waals surface area (Å²) in [5.74, 6) is 0.338. The summed E-state index contributed by atoms with van der Waals surface area (Å²) in [4.78, 5) is 15.8. The predicted molar refractivity (Wildman–Crippen MR) is 83.3 cm³/mol. The number of anilines is 1. The number of methoxy groups -OCH3 is 1. The van der Waals surface area contributed by atoms with Gasteiger partial charge in [0.05, 0.1) is 7.11 Å². The molecule has 1 aliphatic rings. The molecule has 1 fully saturated rings. The van der Waals surface area contributed by atoms with Crippen LogP contribution in [0.2, 0.25) is 0 Å². The lowest BCUT2D eigenvalue weighted by Gasteiger charge is -2.37. The van der Waals surface area contributed by atoms with E-state index in [-0.39, 0.29) is 0 Å². The van der Waals surface area contributed by atoms with Gasteiger partial charge in [-0.15, -0.1) is 0 Å². The number of ether oxygens (including phenoxy) is 2. The lowest BCUT2D eigenvalue weighted by Crippen LogP contribution is -2.51. The third-order valence-corrected chi connectivity index (χ3v) is 3.85. The standard InChI is InChI=1S/C16H21F3N2O3/c1-12(24-11-16(17,18)19)15(22)21-8-6-20(7-9-21)13-4-3-5-14(10-13)23-2/h3-5,10,12H,6-9,11H2,1-2H3/t12-/m1/s1. The van der Waals surface area contributed by atoms with Crippen LogP contribution < -0.4 is 9.64 Å². The van der Waals surface area contributed by atoms with E-state index in [0.717, 1.165) is 11.4 Å². The third kappa shape index (κ3) is 5.02. The lowest BCUT2D eigenvalue weighted by molar-refractivity contribution is -0.188. The Hall–Kier alpha value is -1.96. The topological polar surface area (TPSA) is 42.0 Å². The predicted octanol–water partition coefficient (Wildman–Crippen LogP) is 2.31. The van der Waals surface area contributed by atoms with Crippen molar-refractivity contribution in [2.75, 3.05) is 44.8 Å². The minimum absolute atomic E-state index is 0.412. The normalized spacial score (nSPS) is 16.9. The highest BCUT2D eigenvalue weighted by molar-refractivity contribution is 5.80. The van der Waals surface area contributed by atoms with Crippen LogP contribution in [0.5, 0.6) is 5.75 Å². The molecule has 24 heavy (non-hydrogen) atoms. The molecule has 8 heteroatoms. The van der Waals surface area contributed by atoms with Crippen molar-refractivity contribution in [2.45, 2.75) is 19.2 Å². The quantitative estimate of drug-likeness (QED) is 0.821. The summed E-state index contributed by atoms with van der Waals surface area (Å²) >= 11 is 0. The van der Waals surface area contributed by atoms with Gasteiger partial charge in [-0.05, 0) is 19.1 Å². The first-order chi connectivity index (χ1) is 11.3. The lowest BCUT2D eigenvalue weighted by atomic mass is 10.2. The molecule has 1 aliphatic heterocycles. The molecule has 1 amide bonds. The second kappa shape index (κ2) is 7.74. The van der Waals surface area contributed by atoms with E-state index in [0.29, 0.717) is 26.2 Å². The van der Waals surface area contributed by atoms with E-state index in [1.54, 1.807) is 7.11 Å². The van der Waals surface area contributed by atoms with Gasteiger partial charge in [0, 0.05) is 37.9 Å². The minimum Gasteiger partial charge on any atom is -0.497 e. The highest BCUT2D eigenvalue weighted by atomic mass is 19.4. The monoisotopic (exact) mass is 346 g/mol. The molecule has 134 valence electrons. The summed E-state index contributed by atoms with van der Waals surface area (Å²) in [5.41, 5.74) is 0.989. The molecule has 0 unspecified atom stereocenters. The van der Waals surface area contributed by atoms with Crippen LogP contribution in [0.15, 0.2) is 24.3 Å². The van der Waals surface area contributed by atoms with Crippen LogP contribution in [0.4, 0.5) is 18.9 Å². The summed E-state index contributed by atoms with van der Waals surface area (Å²) in [6, 6.07) is 7.60. The second-order valence-corrected chi connectivity index (χ2v) is 5.58. The number of nitrogens with zero attached hydrogens (tertiary/aromatic N) is 2. The maximum Gasteiger partial charge on any atom is 0.411 e. The molecule has 5 nitrogen and oxygen atoms in total. The zero-order valence-corrected chi connectivity index (χ0v) is 13.7. The maximum absolute atomic E-state index is 12.2. The highest BCUT2D eigenvalue weighted by Crippen LogP contribution is 2.22. The number of hydrogen-bond donors (Lipinski definition) is 0. The van der Waals surface area contributed by atoms with Gasteiger partial charge in [0.25, 0.3) is 5.91 Å². The Balaban J connectivity index is 1.86. The Morgan fingerprint density at radius 1 is 1.25 bits per heavy atom. The van der Waals surface area contributed by atoms with Crippen LogP contribution in [0.25, 0.3) is 0 Å². The highest BCUT2D eigenvalue weighted by Gasteiger charge is 2.32. The molecule has 1 heterocycles. The van der Waals surface area contributed by atoms with Crippen LogP contribution in [-0.2, 0) is 9.53 Å². The Morgan fingerprint density at radius 3 is 2.50 bits per heavy atom. The van der Waals surface area contributed by atoms with E-state index in [9.17, 15) is 18.0 Å². The van der Waals surface area contributed by atoms with Crippen molar-refractivity contribution in [3.05, 3.63) is 24.3 Å². The van der Waals surface area contributed by atoms with Gasteiger partial charge in [0.2, 0.25) is 0 Å². The molecule has 1 atom stereocenters. The zero-order chi connectivity index (χ0) is 17.7. The molecular formula is C16H21F3N2O3. The Morgan fingerprint density at radius 2 is 1.92 bits per heavy atom. The van der Waals surface area contributed by atoms with Crippen molar-refractivity contribution in [1.29, 1.82) is 0 Å². The van der Waals surface area contributed by atoms with E-state index in [2.05, 4.69) is 9.64 Å². The SMILES string of the molecule is COc1cccc(N2CCN(C(=O)[C@@H](C)OCC(F)(F)F)CC2)c1. The van der Waals surface area contributed by atoms with Crippen LogP contribution in [0.1, 0.15) is 6.92 Å². The molecule has 2 rings (SSSR count). The molecule has 0 aliphatic carbocycles. The Labute approximate surface area is 138 Å².